The van der Waals surface area contributed by atoms with Crippen molar-refractivity contribution in [3.05, 3.63) is 75.3 Å². The monoisotopic (exact) mass is 559 g/mol. The number of carbonyl (C=O) groups excluding carboxylic acids is 4. The van der Waals surface area contributed by atoms with Crippen LogP contribution in [-0.4, -0.2) is 38.9 Å². The molecule has 1 N–H and O–H groups in total. The zero-order valence-electron chi connectivity index (χ0n) is 20.7. The summed E-state index contributed by atoms with van der Waals surface area (Å²) in [6.45, 7) is 5.56. The van der Waals surface area contributed by atoms with E-state index in [-0.39, 0.29) is 46.0 Å². The van der Waals surface area contributed by atoms with E-state index in [9.17, 15) is 24.3 Å². The summed E-state index contributed by atoms with van der Waals surface area (Å²) in [5, 5.41) is 12.0. The summed E-state index contributed by atoms with van der Waals surface area (Å²) in [6.07, 6.45) is 3.99. The van der Waals surface area contributed by atoms with E-state index in [1.807, 2.05) is 51.1 Å². The van der Waals surface area contributed by atoms with Crippen LogP contribution >= 0.6 is 15.9 Å². The Bertz CT molecular complexity index is 1540. The number of allylic oxidation sites excluding steroid dienone is 6. The second kappa shape index (κ2) is 8.09. The fourth-order valence-corrected chi connectivity index (χ4v) is 7.23. The number of halogens is 1. The van der Waals surface area contributed by atoms with Crippen molar-refractivity contribution in [2.75, 3.05) is 0 Å². The maximum atomic E-state index is 13.8. The summed E-state index contributed by atoms with van der Waals surface area (Å²) in [5.74, 6) is -2.74. The molecule has 1 heterocycles. The first-order valence-corrected chi connectivity index (χ1v) is 13.3. The molecule has 0 spiro atoms. The molecule has 188 valence electrons. The van der Waals surface area contributed by atoms with Crippen LogP contribution in [0.5, 0.6) is 5.75 Å². The zero-order valence-corrected chi connectivity index (χ0v) is 22.3. The minimum absolute atomic E-state index is 0.129. The van der Waals surface area contributed by atoms with Crippen LogP contribution in [0.25, 0.3) is 10.8 Å². The summed E-state index contributed by atoms with van der Waals surface area (Å²) < 4.78 is 0.204. The second-order valence-corrected chi connectivity index (χ2v) is 12.2. The number of amides is 2. The number of hydrogen-bond acceptors (Lipinski definition) is 5. The van der Waals surface area contributed by atoms with Gasteiger partial charge < -0.3 is 5.11 Å². The maximum absolute atomic E-state index is 13.8. The largest absolute Gasteiger partial charge is 0.507 e. The van der Waals surface area contributed by atoms with Gasteiger partial charge in [0.15, 0.2) is 11.6 Å². The molecule has 1 fully saturated rings. The predicted molar refractivity (Wildman–Crippen MR) is 142 cm³/mol. The Labute approximate surface area is 222 Å². The third-order valence-electron chi connectivity index (χ3n) is 8.25. The smallest absolute Gasteiger partial charge is 0.234 e. The van der Waals surface area contributed by atoms with Crippen LogP contribution in [0.2, 0.25) is 0 Å². The van der Waals surface area contributed by atoms with Crippen LogP contribution < -0.4 is 0 Å². The number of hydrogen-bond donors (Lipinski definition) is 1. The van der Waals surface area contributed by atoms with Gasteiger partial charge in [0.1, 0.15) is 5.75 Å². The topological polar surface area (TPSA) is 91.8 Å². The quantitative estimate of drug-likeness (QED) is 0.298. The van der Waals surface area contributed by atoms with E-state index in [4.69, 9.17) is 0 Å². The fraction of sp³-hybridized carbons (Fsp3) is 0.333. The number of carbonyl (C=O) groups is 4. The summed E-state index contributed by atoms with van der Waals surface area (Å²) in [6, 6.07) is 10.8. The Kier molecular flexibility index (Phi) is 5.26. The molecule has 0 bridgehead atoms. The van der Waals surface area contributed by atoms with Crippen molar-refractivity contribution in [1.29, 1.82) is 0 Å². The third kappa shape index (κ3) is 3.36. The first-order valence-electron chi connectivity index (χ1n) is 12.5. The van der Waals surface area contributed by atoms with Gasteiger partial charge in [-0.15, -0.1) is 0 Å². The summed E-state index contributed by atoms with van der Waals surface area (Å²) >= 11 is 3.26. The van der Waals surface area contributed by atoms with Gasteiger partial charge in [0.05, 0.1) is 16.3 Å². The minimum atomic E-state index is -0.653. The number of ketones is 2. The molecular formula is C30H26BrNO5. The Morgan fingerprint density at radius 2 is 1.65 bits per heavy atom. The average Bonchev–Trinajstić information content (AvgIpc) is 3.12. The highest BCUT2D eigenvalue weighted by molar-refractivity contribution is 9.12. The Balaban J connectivity index is 1.59. The molecule has 0 saturated carbocycles. The maximum Gasteiger partial charge on any atom is 0.234 e. The van der Waals surface area contributed by atoms with E-state index in [2.05, 4.69) is 15.9 Å². The molecule has 0 radical (unpaired) electrons. The summed E-state index contributed by atoms with van der Waals surface area (Å²) in [5.41, 5.74) is 1.88. The molecule has 2 aromatic rings. The lowest BCUT2D eigenvalue weighted by molar-refractivity contribution is -0.145. The lowest BCUT2D eigenvalue weighted by atomic mass is 9.59. The Hall–Kier alpha value is -3.32. The van der Waals surface area contributed by atoms with E-state index < -0.39 is 23.3 Å². The highest BCUT2D eigenvalue weighted by Crippen LogP contribution is 2.56. The lowest BCUT2D eigenvalue weighted by Gasteiger charge is -2.42. The van der Waals surface area contributed by atoms with E-state index >= 15 is 0 Å². The van der Waals surface area contributed by atoms with E-state index in [0.29, 0.717) is 23.0 Å². The van der Waals surface area contributed by atoms with Crippen molar-refractivity contribution in [2.45, 2.75) is 45.1 Å². The number of Topliss-reactive ketones (excluding diaryl/α,β-unsaturated/α-hetero) is 1. The fourth-order valence-electron chi connectivity index (χ4n) is 6.78. The molecule has 3 aliphatic carbocycles. The SMILES string of the molecule is CC(C)(C)N1C(=O)[C@H]2[C@H](CC=C3[C@H](c4ccc(O)c5ccccc45)C4=C(C[C@H]32)C(=O)C(Br)=CC4=O)C1=O. The van der Waals surface area contributed by atoms with Crippen molar-refractivity contribution in [3.63, 3.8) is 0 Å². The van der Waals surface area contributed by atoms with Crippen LogP contribution in [0.4, 0.5) is 0 Å². The van der Waals surface area contributed by atoms with Crippen molar-refractivity contribution in [1.82, 2.24) is 4.90 Å². The number of phenolic OH excluding ortho intramolecular Hbond substituents is 1. The molecule has 6 nitrogen and oxygen atoms in total. The first-order chi connectivity index (χ1) is 17.5. The average molecular weight is 560 g/mol. The molecule has 0 unspecified atom stereocenters. The molecule has 37 heavy (non-hydrogen) atoms. The molecule has 1 aliphatic heterocycles. The summed E-state index contributed by atoms with van der Waals surface area (Å²) in [4.78, 5) is 55.4. The number of benzene rings is 2. The number of fused-ring (bicyclic) bond motifs is 4. The van der Waals surface area contributed by atoms with Crippen LogP contribution in [0.3, 0.4) is 0 Å². The molecule has 6 rings (SSSR count). The predicted octanol–water partition coefficient (Wildman–Crippen LogP) is 5.11. The zero-order chi connectivity index (χ0) is 26.4. The molecule has 7 heteroatoms. The van der Waals surface area contributed by atoms with Crippen molar-refractivity contribution in [2.24, 2.45) is 17.8 Å². The molecular weight excluding hydrogens is 534 g/mol. The van der Waals surface area contributed by atoms with Gasteiger partial charge in [-0.25, -0.2) is 0 Å². The van der Waals surface area contributed by atoms with Crippen LogP contribution in [0.15, 0.2) is 69.8 Å². The van der Waals surface area contributed by atoms with Crippen LogP contribution in [-0.2, 0) is 19.2 Å². The van der Waals surface area contributed by atoms with Crippen molar-refractivity contribution < 1.29 is 24.3 Å². The highest BCUT2D eigenvalue weighted by atomic mass is 79.9. The van der Waals surface area contributed by atoms with E-state index in [1.54, 1.807) is 12.1 Å². The number of nitrogens with zero attached hydrogens (tertiary/aromatic N) is 1. The van der Waals surface area contributed by atoms with Gasteiger partial charge in [0.2, 0.25) is 11.8 Å². The van der Waals surface area contributed by atoms with Crippen molar-refractivity contribution >= 4 is 50.1 Å². The highest BCUT2D eigenvalue weighted by Gasteiger charge is 2.58. The van der Waals surface area contributed by atoms with Gasteiger partial charge in [-0.2, -0.15) is 0 Å². The molecule has 4 atom stereocenters. The van der Waals surface area contributed by atoms with E-state index in [1.165, 1.54) is 11.0 Å². The Morgan fingerprint density at radius 1 is 0.946 bits per heavy atom. The van der Waals surface area contributed by atoms with Gasteiger partial charge in [-0.1, -0.05) is 42.0 Å². The molecule has 4 aliphatic rings. The van der Waals surface area contributed by atoms with Crippen LogP contribution in [0.1, 0.15) is 45.1 Å². The standard InChI is InChI=1S/C30H26BrNO5/c1-30(2,3)32-28(36)18-9-8-17-19(25(18)29(32)37)12-20-26(23(34)13-21(31)27(20)35)24(17)16-10-11-22(33)15-7-5-4-6-14(15)16/h4-8,10-11,13,18-19,24-25,33H,9,12H2,1-3H3/t18-,19+,24-,25-/m0/s1. The molecule has 0 aromatic heterocycles. The Morgan fingerprint density at radius 3 is 2.35 bits per heavy atom. The number of phenols is 1. The summed E-state index contributed by atoms with van der Waals surface area (Å²) in [7, 11) is 0. The normalized spacial score (nSPS) is 27.7. The number of imide groups is 1. The first kappa shape index (κ1) is 24.0. The molecule has 2 aromatic carbocycles. The number of rotatable bonds is 1. The molecule has 2 amide bonds. The second-order valence-electron chi connectivity index (χ2n) is 11.3. The lowest BCUT2D eigenvalue weighted by Crippen LogP contribution is -2.46. The number of likely N-dealkylation sites (tertiary alicyclic amines) is 1. The molecule has 1 saturated heterocycles. The van der Waals surface area contributed by atoms with Gasteiger partial charge in [0.25, 0.3) is 0 Å². The third-order valence-corrected chi connectivity index (χ3v) is 8.84. The van der Waals surface area contributed by atoms with Gasteiger partial charge in [-0.05, 0) is 72.5 Å². The van der Waals surface area contributed by atoms with Gasteiger partial charge in [0, 0.05) is 34.1 Å². The number of aromatic hydroxyl groups is 1. The van der Waals surface area contributed by atoms with Crippen molar-refractivity contribution in [3.8, 4) is 5.75 Å². The minimum Gasteiger partial charge on any atom is -0.507 e. The van der Waals surface area contributed by atoms with Crippen LogP contribution in [0, 0.1) is 17.8 Å². The van der Waals surface area contributed by atoms with Gasteiger partial charge in [-0.3, -0.25) is 24.1 Å². The van der Waals surface area contributed by atoms with E-state index in [0.717, 1.165) is 16.5 Å². The van der Waals surface area contributed by atoms with Gasteiger partial charge >= 0.3 is 0 Å².